The third-order valence-corrected chi connectivity index (χ3v) is 3.74. The van der Waals surface area contributed by atoms with Gasteiger partial charge in [-0.3, -0.25) is 9.59 Å². The Bertz CT molecular complexity index is 774. The van der Waals surface area contributed by atoms with Crippen LogP contribution in [0.5, 0.6) is 17.2 Å². The number of primary amides is 1. The summed E-state index contributed by atoms with van der Waals surface area (Å²) < 4.78 is 16.0. The van der Waals surface area contributed by atoms with Gasteiger partial charge in [0.05, 0.1) is 14.2 Å². The second-order valence-electron chi connectivity index (χ2n) is 5.56. The number of benzene rings is 2. The number of nitrogens with two attached hydrogens (primary N) is 1. The van der Waals surface area contributed by atoms with Crippen LogP contribution in [0.15, 0.2) is 42.5 Å². The summed E-state index contributed by atoms with van der Waals surface area (Å²) in [6, 6.07) is 11.7. The Balaban J connectivity index is 1.91. The van der Waals surface area contributed by atoms with Gasteiger partial charge in [-0.25, -0.2) is 0 Å². The monoisotopic (exact) mass is 358 g/mol. The van der Waals surface area contributed by atoms with Gasteiger partial charge in [0.2, 0.25) is 5.91 Å². The standard InChI is InChI=1S/C19H22N2O5/c1-12(26-15-7-5-14(6-8-15)18(20)22)19(23)21-11-13-4-9-16(24-2)17(10-13)25-3/h4-10,12H,11H2,1-3H3,(H2,20,22)(H,21,23)/t12-/m0/s1. The highest BCUT2D eigenvalue weighted by molar-refractivity contribution is 5.92. The summed E-state index contributed by atoms with van der Waals surface area (Å²) in [6.45, 7) is 1.97. The Morgan fingerprint density at radius 2 is 1.69 bits per heavy atom. The molecule has 0 radical (unpaired) electrons. The number of carbonyl (C=O) groups is 2. The fourth-order valence-corrected chi connectivity index (χ4v) is 2.28. The topological polar surface area (TPSA) is 99.9 Å². The lowest BCUT2D eigenvalue weighted by atomic mass is 10.2. The van der Waals surface area contributed by atoms with Gasteiger partial charge in [0.1, 0.15) is 5.75 Å². The lowest BCUT2D eigenvalue weighted by Gasteiger charge is -2.15. The Morgan fingerprint density at radius 1 is 1.04 bits per heavy atom. The van der Waals surface area contributed by atoms with Crippen molar-refractivity contribution in [2.24, 2.45) is 5.73 Å². The third kappa shape index (κ3) is 4.89. The number of carbonyl (C=O) groups excluding carboxylic acids is 2. The summed E-state index contributed by atoms with van der Waals surface area (Å²) in [7, 11) is 3.12. The van der Waals surface area contributed by atoms with E-state index in [1.165, 1.54) is 0 Å². The zero-order chi connectivity index (χ0) is 19.1. The van der Waals surface area contributed by atoms with Crippen LogP contribution in [0, 0.1) is 0 Å². The van der Waals surface area contributed by atoms with E-state index in [0.29, 0.717) is 29.4 Å². The summed E-state index contributed by atoms with van der Waals surface area (Å²) in [5.41, 5.74) is 6.43. The number of hydrogen-bond donors (Lipinski definition) is 2. The highest BCUT2D eigenvalue weighted by Crippen LogP contribution is 2.27. The van der Waals surface area contributed by atoms with Crippen molar-refractivity contribution >= 4 is 11.8 Å². The van der Waals surface area contributed by atoms with E-state index in [1.54, 1.807) is 57.5 Å². The maximum absolute atomic E-state index is 12.2. The minimum absolute atomic E-state index is 0.265. The van der Waals surface area contributed by atoms with E-state index < -0.39 is 12.0 Å². The van der Waals surface area contributed by atoms with Gasteiger partial charge in [-0.1, -0.05) is 6.07 Å². The molecule has 0 spiro atoms. The summed E-state index contributed by atoms with van der Waals surface area (Å²) >= 11 is 0. The van der Waals surface area contributed by atoms with Crippen LogP contribution >= 0.6 is 0 Å². The lowest BCUT2D eigenvalue weighted by Crippen LogP contribution is -2.35. The Labute approximate surface area is 152 Å². The maximum atomic E-state index is 12.2. The van der Waals surface area contributed by atoms with E-state index in [0.717, 1.165) is 5.56 Å². The van der Waals surface area contributed by atoms with Crippen LogP contribution in [0.2, 0.25) is 0 Å². The second-order valence-corrected chi connectivity index (χ2v) is 5.56. The van der Waals surface area contributed by atoms with Crippen LogP contribution in [0.1, 0.15) is 22.8 Å². The molecule has 2 aromatic carbocycles. The molecule has 1 atom stereocenters. The third-order valence-electron chi connectivity index (χ3n) is 3.74. The summed E-state index contributed by atoms with van der Waals surface area (Å²) in [6.07, 6.45) is -0.699. The molecule has 7 nitrogen and oxygen atoms in total. The summed E-state index contributed by atoms with van der Waals surface area (Å²) in [5, 5.41) is 2.80. The quantitative estimate of drug-likeness (QED) is 0.751. The van der Waals surface area contributed by atoms with E-state index in [1.807, 2.05) is 6.07 Å². The van der Waals surface area contributed by atoms with Crippen molar-refractivity contribution in [1.29, 1.82) is 0 Å². The maximum Gasteiger partial charge on any atom is 0.261 e. The van der Waals surface area contributed by atoms with Crippen molar-refractivity contribution < 1.29 is 23.8 Å². The van der Waals surface area contributed by atoms with Gasteiger partial charge >= 0.3 is 0 Å². The smallest absolute Gasteiger partial charge is 0.261 e. The average molecular weight is 358 g/mol. The van der Waals surface area contributed by atoms with Crippen LogP contribution in [0.25, 0.3) is 0 Å². The zero-order valence-corrected chi connectivity index (χ0v) is 14.9. The molecule has 0 aliphatic heterocycles. The van der Waals surface area contributed by atoms with Crippen LogP contribution in [0.3, 0.4) is 0 Å². The number of amides is 2. The molecule has 3 N–H and O–H groups in total. The first kappa shape index (κ1) is 19.1. The van der Waals surface area contributed by atoms with Gasteiger partial charge in [-0.05, 0) is 48.9 Å². The summed E-state index contributed by atoms with van der Waals surface area (Å²) in [4.78, 5) is 23.3. The molecule has 2 rings (SSSR count). The zero-order valence-electron chi connectivity index (χ0n) is 14.9. The molecule has 0 heterocycles. The van der Waals surface area contributed by atoms with Gasteiger partial charge in [0.25, 0.3) is 5.91 Å². The predicted molar refractivity (Wildman–Crippen MR) is 96.4 cm³/mol. The molecule has 2 aromatic rings. The van der Waals surface area contributed by atoms with Crippen molar-refractivity contribution in [3.05, 3.63) is 53.6 Å². The van der Waals surface area contributed by atoms with E-state index in [2.05, 4.69) is 5.32 Å². The number of hydrogen-bond acceptors (Lipinski definition) is 5. The van der Waals surface area contributed by atoms with E-state index in [-0.39, 0.29) is 5.91 Å². The lowest BCUT2D eigenvalue weighted by molar-refractivity contribution is -0.127. The number of ether oxygens (including phenoxy) is 3. The SMILES string of the molecule is COc1ccc(CNC(=O)[C@H](C)Oc2ccc(C(N)=O)cc2)cc1OC. The van der Waals surface area contributed by atoms with Gasteiger partial charge in [0.15, 0.2) is 17.6 Å². The largest absolute Gasteiger partial charge is 0.493 e. The van der Waals surface area contributed by atoms with Crippen molar-refractivity contribution in [3.8, 4) is 17.2 Å². The Morgan fingerprint density at radius 3 is 2.27 bits per heavy atom. The van der Waals surface area contributed by atoms with Crippen LogP contribution in [-0.4, -0.2) is 32.1 Å². The molecule has 0 fully saturated rings. The molecule has 138 valence electrons. The van der Waals surface area contributed by atoms with Crippen molar-refractivity contribution in [1.82, 2.24) is 5.32 Å². The first-order chi connectivity index (χ1) is 12.4. The minimum Gasteiger partial charge on any atom is -0.493 e. The van der Waals surface area contributed by atoms with Crippen molar-refractivity contribution in [2.75, 3.05) is 14.2 Å². The minimum atomic E-state index is -0.699. The van der Waals surface area contributed by atoms with Gasteiger partial charge < -0.3 is 25.3 Å². The van der Waals surface area contributed by atoms with Gasteiger partial charge in [-0.2, -0.15) is 0 Å². The first-order valence-corrected chi connectivity index (χ1v) is 7.99. The molecule has 0 aliphatic carbocycles. The highest BCUT2D eigenvalue weighted by Gasteiger charge is 2.15. The predicted octanol–water partition coefficient (Wildman–Crippen LogP) is 1.89. The second kappa shape index (κ2) is 8.75. The molecule has 0 aliphatic rings. The van der Waals surface area contributed by atoms with E-state index in [9.17, 15) is 9.59 Å². The number of nitrogens with one attached hydrogen (secondary N) is 1. The summed E-state index contributed by atoms with van der Waals surface area (Å²) in [5.74, 6) is 0.913. The molecule has 0 unspecified atom stereocenters. The fraction of sp³-hybridized carbons (Fsp3) is 0.263. The molecule has 0 aromatic heterocycles. The Hall–Kier alpha value is -3.22. The molecule has 2 amide bonds. The average Bonchev–Trinajstić information content (AvgIpc) is 2.66. The van der Waals surface area contributed by atoms with Crippen molar-refractivity contribution in [3.63, 3.8) is 0 Å². The highest BCUT2D eigenvalue weighted by atomic mass is 16.5. The van der Waals surface area contributed by atoms with Crippen LogP contribution in [-0.2, 0) is 11.3 Å². The fourth-order valence-electron chi connectivity index (χ4n) is 2.28. The Kier molecular flexibility index (Phi) is 6.43. The molecule has 7 heteroatoms. The molecule has 0 saturated heterocycles. The first-order valence-electron chi connectivity index (χ1n) is 7.99. The van der Waals surface area contributed by atoms with Crippen LogP contribution < -0.4 is 25.3 Å². The molecule has 26 heavy (non-hydrogen) atoms. The van der Waals surface area contributed by atoms with Gasteiger partial charge in [0, 0.05) is 12.1 Å². The van der Waals surface area contributed by atoms with E-state index in [4.69, 9.17) is 19.9 Å². The molecular weight excluding hydrogens is 336 g/mol. The molecule has 0 bridgehead atoms. The van der Waals surface area contributed by atoms with Crippen LogP contribution in [0.4, 0.5) is 0 Å². The number of rotatable bonds is 8. The van der Waals surface area contributed by atoms with Gasteiger partial charge in [-0.15, -0.1) is 0 Å². The molecule has 0 saturated carbocycles. The molecular formula is C19H22N2O5. The number of methoxy groups -OCH3 is 2. The van der Waals surface area contributed by atoms with E-state index >= 15 is 0 Å². The van der Waals surface area contributed by atoms with Crippen molar-refractivity contribution in [2.45, 2.75) is 19.6 Å². The normalized spacial score (nSPS) is 11.3.